The summed E-state index contributed by atoms with van der Waals surface area (Å²) >= 11 is 0. The Balaban J connectivity index is 1.66. The number of hydrogen-bond donors (Lipinski definition) is 0. The number of hydrogen-bond acceptors (Lipinski definition) is 3. The molecule has 1 heterocycles. The van der Waals surface area contributed by atoms with Crippen molar-refractivity contribution in [2.24, 2.45) is 0 Å². The van der Waals surface area contributed by atoms with Crippen LogP contribution in [0.3, 0.4) is 0 Å². The van der Waals surface area contributed by atoms with Crippen LogP contribution >= 0.6 is 0 Å². The van der Waals surface area contributed by atoms with Crippen LogP contribution in [0.15, 0.2) is 42.5 Å². The monoisotopic (exact) mass is 268 g/mol. The van der Waals surface area contributed by atoms with Gasteiger partial charge in [0.05, 0.1) is 0 Å². The second kappa shape index (κ2) is 5.37. The third-order valence-electron chi connectivity index (χ3n) is 3.42. The van der Waals surface area contributed by atoms with Crippen LogP contribution < -0.4 is 9.47 Å². The molecule has 3 rings (SSSR count). The van der Waals surface area contributed by atoms with Gasteiger partial charge in [-0.2, -0.15) is 0 Å². The van der Waals surface area contributed by atoms with Gasteiger partial charge in [0.15, 0.2) is 17.3 Å². The van der Waals surface area contributed by atoms with Crippen molar-refractivity contribution in [3.05, 3.63) is 59.2 Å². The van der Waals surface area contributed by atoms with Crippen molar-refractivity contribution in [2.45, 2.75) is 19.8 Å². The molecule has 0 unspecified atom stereocenters. The summed E-state index contributed by atoms with van der Waals surface area (Å²) in [4.78, 5) is 12.1. The van der Waals surface area contributed by atoms with Crippen molar-refractivity contribution in [1.29, 1.82) is 0 Å². The van der Waals surface area contributed by atoms with Gasteiger partial charge in [-0.25, -0.2) is 0 Å². The number of rotatable bonds is 4. The summed E-state index contributed by atoms with van der Waals surface area (Å²) in [5.41, 5.74) is 2.99. The SMILES string of the molecule is Cc1cccc(C(=O)CCc2ccc3c(c2)OCO3)c1. The van der Waals surface area contributed by atoms with E-state index in [4.69, 9.17) is 9.47 Å². The minimum Gasteiger partial charge on any atom is -0.454 e. The highest BCUT2D eigenvalue weighted by atomic mass is 16.7. The number of fused-ring (bicyclic) bond motifs is 1. The first kappa shape index (κ1) is 12.7. The lowest BCUT2D eigenvalue weighted by atomic mass is 10.0. The Morgan fingerprint density at radius 1 is 1.10 bits per heavy atom. The lowest BCUT2D eigenvalue weighted by Gasteiger charge is -2.04. The van der Waals surface area contributed by atoms with Gasteiger partial charge in [0.2, 0.25) is 6.79 Å². The van der Waals surface area contributed by atoms with Crippen LogP contribution in [0.1, 0.15) is 27.9 Å². The minimum atomic E-state index is 0.173. The van der Waals surface area contributed by atoms with Crippen LogP contribution in [0.25, 0.3) is 0 Å². The molecule has 0 spiro atoms. The molecular formula is C17H16O3. The van der Waals surface area contributed by atoms with Crippen molar-refractivity contribution in [2.75, 3.05) is 6.79 Å². The molecule has 1 aliphatic heterocycles. The van der Waals surface area contributed by atoms with Gasteiger partial charge in [0, 0.05) is 12.0 Å². The van der Waals surface area contributed by atoms with Crippen LogP contribution in [-0.2, 0) is 6.42 Å². The van der Waals surface area contributed by atoms with E-state index in [9.17, 15) is 4.79 Å². The first-order valence-electron chi connectivity index (χ1n) is 6.71. The Hall–Kier alpha value is -2.29. The second-order valence-electron chi connectivity index (χ2n) is 4.98. The van der Waals surface area contributed by atoms with E-state index in [-0.39, 0.29) is 12.6 Å². The zero-order valence-corrected chi connectivity index (χ0v) is 11.4. The topological polar surface area (TPSA) is 35.5 Å². The van der Waals surface area contributed by atoms with Crippen LogP contribution in [0.4, 0.5) is 0 Å². The van der Waals surface area contributed by atoms with Gasteiger partial charge < -0.3 is 9.47 Å². The molecule has 0 atom stereocenters. The highest BCUT2D eigenvalue weighted by Gasteiger charge is 2.14. The van der Waals surface area contributed by atoms with Gasteiger partial charge in [0.1, 0.15) is 0 Å². The number of Topliss-reactive ketones (excluding diaryl/α,β-unsaturated/α-hetero) is 1. The molecule has 3 heteroatoms. The largest absolute Gasteiger partial charge is 0.454 e. The molecule has 1 aliphatic rings. The van der Waals surface area contributed by atoms with E-state index >= 15 is 0 Å². The Labute approximate surface area is 118 Å². The molecular weight excluding hydrogens is 252 g/mol. The van der Waals surface area contributed by atoms with Gasteiger partial charge in [-0.3, -0.25) is 4.79 Å². The highest BCUT2D eigenvalue weighted by Crippen LogP contribution is 2.32. The number of benzene rings is 2. The number of carbonyl (C=O) groups is 1. The van der Waals surface area contributed by atoms with Crippen molar-refractivity contribution in [3.8, 4) is 11.5 Å². The molecule has 0 amide bonds. The zero-order chi connectivity index (χ0) is 13.9. The van der Waals surface area contributed by atoms with E-state index in [0.29, 0.717) is 12.8 Å². The van der Waals surface area contributed by atoms with Gasteiger partial charge in [-0.05, 0) is 37.1 Å². The molecule has 2 aromatic rings. The molecule has 0 saturated carbocycles. The smallest absolute Gasteiger partial charge is 0.231 e. The number of aryl methyl sites for hydroxylation is 2. The maximum atomic E-state index is 12.1. The molecule has 0 fully saturated rings. The molecule has 20 heavy (non-hydrogen) atoms. The summed E-state index contributed by atoms with van der Waals surface area (Å²) in [6, 6.07) is 13.5. The van der Waals surface area contributed by atoms with Crippen LogP contribution in [-0.4, -0.2) is 12.6 Å². The van der Waals surface area contributed by atoms with E-state index in [1.54, 1.807) is 0 Å². The lowest BCUT2D eigenvalue weighted by molar-refractivity contribution is 0.0982. The van der Waals surface area contributed by atoms with Crippen molar-refractivity contribution >= 4 is 5.78 Å². The standard InChI is InChI=1S/C17H16O3/c1-12-3-2-4-14(9-12)15(18)7-5-13-6-8-16-17(10-13)20-11-19-16/h2-4,6,8-10H,5,7,11H2,1H3. The van der Waals surface area contributed by atoms with Crippen LogP contribution in [0.2, 0.25) is 0 Å². The van der Waals surface area contributed by atoms with Crippen molar-refractivity contribution in [3.63, 3.8) is 0 Å². The average Bonchev–Trinajstić information content (AvgIpc) is 2.92. The molecule has 0 bridgehead atoms. The number of ketones is 1. The van der Waals surface area contributed by atoms with E-state index in [2.05, 4.69) is 0 Å². The highest BCUT2D eigenvalue weighted by molar-refractivity contribution is 5.96. The van der Waals surface area contributed by atoms with Gasteiger partial charge >= 0.3 is 0 Å². The third kappa shape index (κ3) is 2.67. The molecule has 0 aliphatic carbocycles. The zero-order valence-electron chi connectivity index (χ0n) is 11.4. The molecule has 2 aromatic carbocycles. The summed E-state index contributed by atoms with van der Waals surface area (Å²) in [6.45, 7) is 2.27. The van der Waals surface area contributed by atoms with E-state index in [1.807, 2.05) is 49.4 Å². The second-order valence-corrected chi connectivity index (χ2v) is 4.98. The summed E-state index contributed by atoms with van der Waals surface area (Å²) in [5.74, 6) is 1.72. The van der Waals surface area contributed by atoms with Gasteiger partial charge in [-0.15, -0.1) is 0 Å². The fourth-order valence-corrected chi connectivity index (χ4v) is 2.32. The predicted octanol–water partition coefficient (Wildman–Crippen LogP) is 3.54. The van der Waals surface area contributed by atoms with Crippen LogP contribution in [0, 0.1) is 6.92 Å². The van der Waals surface area contributed by atoms with Gasteiger partial charge in [0.25, 0.3) is 0 Å². The molecule has 0 aromatic heterocycles. The van der Waals surface area contributed by atoms with Crippen molar-refractivity contribution < 1.29 is 14.3 Å². The minimum absolute atomic E-state index is 0.173. The fraction of sp³-hybridized carbons (Fsp3) is 0.235. The summed E-state index contributed by atoms with van der Waals surface area (Å²) in [6.07, 6.45) is 1.21. The van der Waals surface area contributed by atoms with E-state index < -0.39 is 0 Å². The Morgan fingerprint density at radius 3 is 2.80 bits per heavy atom. The molecule has 0 saturated heterocycles. The molecule has 0 N–H and O–H groups in total. The number of ether oxygens (including phenoxy) is 2. The molecule has 102 valence electrons. The quantitative estimate of drug-likeness (QED) is 0.796. The van der Waals surface area contributed by atoms with Crippen LogP contribution in [0.5, 0.6) is 11.5 Å². The van der Waals surface area contributed by atoms with E-state index in [1.165, 1.54) is 0 Å². The fourth-order valence-electron chi connectivity index (χ4n) is 2.32. The predicted molar refractivity (Wildman–Crippen MR) is 76.4 cm³/mol. The Bertz CT molecular complexity index is 646. The first-order chi connectivity index (χ1) is 9.72. The third-order valence-corrected chi connectivity index (χ3v) is 3.42. The normalized spacial score (nSPS) is 12.4. The Kier molecular flexibility index (Phi) is 3.42. The molecule has 3 nitrogen and oxygen atoms in total. The summed E-state index contributed by atoms with van der Waals surface area (Å²) in [5, 5.41) is 0. The maximum Gasteiger partial charge on any atom is 0.231 e. The summed E-state index contributed by atoms with van der Waals surface area (Å²) in [7, 11) is 0. The number of carbonyl (C=O) groups excluding carboxylic acids is 1. The Morgan fingerprint density at radius 2 is 1.95 bits per heavy atom. The van der Waals surface area contributed by atoms with E-state index in [0.717, 1.165) is 28.2 Å². The lowest BCUT2D eigenvalue weighted by Crippen LogP contribution is -2.01. The summed E-state index contributed by atoms with van der Waals surface area (Å²) < 4.78 is 10.6. The van der Waals surface area contributed by atoms with Gasteiger partial charge in [-0.1, -0.05) is 29.8 Å². The molecule has 0 radical (unpaired) electrons. The first-order valence-corrected chi connectivity index (χ1v) is 6.71. The van der Waals surface area contributed by atoms with Crippen molar-refractivity contribution in [1.82, 2.24) is 0 Å². The maximum absolute atomic E-state index is 12.1. The average molecular weight is 268 g/mol.